The van der Waals surface area contributed by atoms with Crippen LogP contribution in [-0.4, -0.2) is 9.97 Å². The molecule has 1 aromatic heterocycles. The van der Waals surface area contributed by atoms with Crippen molar-refractivity contribution in [1.29, 1.82) is 0 Å². The van der Waals surface area contributed by atoms with Crippen LogP contribution in [0.4, 0.5) is 4.39 Å². The summed E-state index contributed by atoms with van der Waals surface area (Å²) in [5.41, 5.74) is 0.803. The molecular weight excluding hydrogens is 147 g/mol. The lowest BCUT2D eigenvalue weighted by molar-refractivity contribution is 0.629. The number of imidazole rings is 1. The number of fused-ring (bicyclic) bond motifs is 1. The Kier molecular flexibility index (Phi) is 1.09. The zero-order valence-electron chi connectivity index (χ0n) is 5.52. The summed E-state index contributed by atoms with van der Waals surface area (Å²) in [4.78, 5) is 15.6. The summed E-state index contributed by atoms with van der Waals surface area (Å²) in [7, 11) is 0. The Bertz CT molecular complexity index is 443. The van der Waals surface area contributed by atoms with E-state index in [1.54, 1.807) is 0 Å². The summed E-state index contributed by atoms with van der Waals surface area (Å²) in [5, 5.41) is 0. The van der Waals surface area contributed by atoms with Crippen LogP contribution < -0.4 is 5.69 Å². The molecule has 0 fully saturated rings. The van der Waals surface area contributed by atoms with E-state index in [0.717, 1.165) is 0 Å². The van der Waals surface area contributed by atoms with Crippen molar-refractivity contribution in [2.24, 2.45) is 0 Å². The Labute approximate surface area is 60.9 Å². The van der Waals surface area contributed by atoms with E-state index in [0.29, 0.717) is 11.0 Å². The normalized spacial score (nSPS) is 10.6. The second kappa shape index (κ2) is 1.95. The van der Waals surface area contributed by atoms with Crippen LogP contribution in [-0.2, 0) is 0 Å². The minimum absolute atomic E-state index is 0.314. The first-order valence-electron chi connectivity index (χ1n) is 3.13. The first-order valence-corrected chi connectivity index (χ1v) is 3.13. The molecule has 4 heteroatoms. The standard InChI is InChI=1S/C7H5FN2O/c8-4-1-2-5-6(3-4)10-7(11)9-5/h1-3H,(H2,9,10,11). The molecule has 0 aliphatic carbocycles. The minimum Gasteiger partial charge on any atom is -0.306 e. The zero-order valence-corrected chi connectivity index (χ0v) is 5.52. The average Bonchev–Trinajstić information content (AvgIpc) is 2.27. The highest BCUT2D eigenvalue weighted by Crippen LogP contribution is 2.07. The zero-order chi connectivity index (χ0) is 7.84. The molecule has 0 bridgehead atoms. The maximum Gasteiger partial charge on any atom is 0.323 e. The van der Waals surface area contributed by atoms with Crippen molar-refractivity contribution in [2.75, 3.05) is 0 Å². The van der Waals surface area contributed by atoms with Crippen LogP contribution in [0.1, 0.15) is 0 Å². The van der Waals surface area contributed by atoms with E-state index >= 15 is 0 Å². The molecule has 2 rings (SSSR count). The SMILES string of the molecule is O=c1[nH]c2ccc(F)cc2[nH]1. The van der Waals surface area contributed by atoms with Gasteiger partial charge in [0, 0.05) is 0 Å². The van der Waals surface area contributed by atoms with Gasteiger partial charge in [0.25, 0.3) is 0 Å². The number of rotatable bonds is 0. The Morgan fingerprint density at radius 2 is 1.91 bits per heavy atom. The third kappa shape index (κ3) is 0.920. The largest absolute Gasteiger partial charge is 0.323 e. The third-order valence-corrected chi connectivity index (χ3v) is 1.48. The molecule has 0 unspecified atom stereocenters. The number of H-pyrrole nitrogens is 2. The van der Waals surface area contributed by atoms with Crippen molar-refractivity contribution < 1.29 is 4.39 Å². The van der Waals surface area contributed by atoms with Gasteiger partial charge in [0.05, 0.1) is 11.0 Å². The first kappa shape index (κ1) is 6.15. The number of benzene rings is 1. The van der Waals surface area contributed by atoms with Gasteiger partial charge in [-0.2, -0.15) is 0 Å². The molecular formula is C7H5FN2O. The fourth-order valence-corrected chi connectivity index (χ4v) is 1.00. The predicted molar refractivity (Wildman–Crippen MR) is 38.9 cm³/mol. The van der Waals surface area contributed by atoms with E-state index in [9.17, 15) is 9.18 Å². The summed E-state index contributed by atoms with van der Waals surface area (Å²) in [5.74, 6) is -0.354. The van der Waals surface area contributed by atoms with Crippen LogP contribution in [0, 0.1) is 5.82 Å². The minimum atomic E-state index is -0.354. The van der Waals surface area contributed by atoms with Gasteiger partial charge in [-0.3, -0.25) is 0 Å². The smallest absolute Gasteiger partial charge is 0.306 e. The highest BCUT2D eigenvalue weighted by Gasteiger charge is 1.97. The van der Waals surface area contributed by atoms with Gasteiger partial charge in [-0.1, -0.05) is 0 Å². The van der Waals surface area contributed by atoms with Gasteiger partial charge in [0.1, 0.15) is 5.82 Å². The van der Waals surface area contributed by atoms with Crippen molar-refractivity contribution in [3.05, 3.63) is 34.5 Å². The summed E-state index contributed by atoms with van der Waals surface area (Å²) < 4.78 is 12.5. The van der Waals surface area contributed by atoms with E-state index in [4.69, 9.17) is 0 Å². The second-order valence-electron chi connectivity index (χ2n) is 2.27. The number of hydrogen-bond donors (Lipinski definition) is 2. The van der Waals surface area contributed by atoms with Crippen LogP contribution in [0.25, 0.3) is 11.0 Å². The average molecular weight is 152 g/mol. The van der Waals surface area contributed by atoms with Crippen LogP contribution in [0.15, 0.2) is 23.0 Å². The van der Waals surface area contributed by atoms with Crippen LogP contribution >= 0.6 is 0 Å². The van der Waals surface area contributed by atoms with Crippen molar-refractivity contribution in [3.8, 4) is 0 Å². The van der Waals surface area contributed by atoms with Gasteiger partial charge in [0.2, 0.25) is 0 Å². The third-order valence-electron chi connectivity index (χ3n) is 1.48. The predicted octanol–water partition coefficient (Wildman–Crippen LogP) is 0.995. The molecule has 0 saturated heterocycles. The van der Waals surface area contributed by atoms with Crippen molar-refractivity contribution >= 4 is 11.0 Å². The molecule has 3 nitrogen and oxygen atoms in total. The number of aromatic nitrogens is 2. The van der Waals surface area contributed by atoms with E-state index in [2.05, 4.69) is 9.97 Å². The molecule has 56 valence electrons. The van der Waals surface area contributed by atoms with Crippen molar-refractivity contribution in [1.82, 2.24) is 9.97 Å². The summed E-state index contributed by atoms with van der Waals surface area (Å²) in [6, 6.07) is 4.09. The van der Waals surface area contributed by atoms with Crippen molar-refractivity contribution in [2.45, 2.75) is 0 Å². The molecule has 0 spiro atoms. The van der Waals surface area contributed by atoms with Gasteiger partial charge in [-0.05, 0) is 18.2 Å². The number of nitrogens with one attached hydrogen (secondary N) is 2. The van der Waals surface area contributed by atoms with Crippen LogP contribution in [0.3, 0.4) is 0 Å². The van der Waals surface area contributed by atoms with Crippen molar-refractivity contribution in [3.63, 3.8) is 0 Å². The van der Waals surface area contributed by atoms with E-state index in [-0.39, 0.29) is 11.5 Å². The number of hydrogen-bond acceptors (Lipinski definition) is 1. The molecule has 0 atom stereocenters. The van der Waals surface area contributed by atoms with Gasteiger partial charge in [-0.25, -0.2) is 9.18 Å². The highest BCUT2D eigenvalue weighted by molar-refractivity contribution is 5.73. The first-order chi connectivity index (χ1) is 5.25. The van der Waals surface area contributed by atoms with Gasteiger partial charge >= 0.3 is 5.69 Å². The van der Waals surface area contributed by atoms with Gasteiger partial charge in [0.15, 0.2) is 0 Å². The summed E-state index contributed by atoms with van der Waals surface area (Å²) in [6.45, 7) is 0. The monoisotopic (exact) mass is 152 g/mol. The quantitative estimate of drug-likeness (QED) is 0.581. The summed E-state index contributed by atoms with van der Waals surface area (Å²) in [6.07, 6.45) is 0. The fourth-order valence-electron chi connectivity index (χ4n) is 1.00. The van der Waals surface area contributed by atoms with Crippen LogP contribution in [0.2, 0.25) is 0 Å². The molecule has 2 aromatic rings. The molecule has 0 radical (unpaired) electrons. The fraction of sp³-hybridized carbons (Fsp3) is 0. The highest BCUT2D eigenvalue weighted by atomic mass is 19.1. The Hall–Kier alpha value is -1.58. The molecule has 1 aromatic carbocycles. The number of halogens is 1. The topological polar surface area (TPSA) is 48.6 Å². The molecule has 11 heavy (non-hydrogen) atoms. The molecule has 0 saturated carbocycles. The van der Waals surface area contributed by atoms with Gasteiger partial charge < -0.3 is 9.97 Å². The van der Waals surface area contributed by atoms with Gasteiger partial charge in [-0.15, -0.1) is 0 Å². The lowest BCUT2D eigenvalue weighted by atomic mass is 10.3. The maximum absolute atomic E-state index is 12.5. The lowest BCUT2D eigenvalue weighted by Gasteiger charge is -1.86. The summed E-state index contributed by atoms with van der Waals surface area (Å²) >= 11 is 0. The molecule has 2 N–H and O–H groups in total. The Morgan fingerprint density at radius 3 is 2.73 bits per heavy atom. The Morgan fingerprint density at radius 1 is 1.18 bits per heavy atom. The van der Waals surface area contributed by atoms with E-state index in [1.165, 1.54) is 18.2 Å². The second-order valence-corrected chi connectivity index (χ2v) is 2.27. The molecule has 0 aliphatic heterocycles. The Balaban J connectivity index is 2.92. The number of aromatic amines is 2. The van der Waals surface area contributed by atoms with E-state index < -0.39 is 0 Å². The molecule has 0 amide bonds. The van der Waals surface area contributed by atoms with Crippen LogP contribution in [0.5, 0.6) is 0 Å². The molecule has 0 aliphatic rings. The van der Waals surface area contributed by atoms with E-state index in [1.807, 2.05) is 0 Å². The lowest BCUT2D eigenvalue weighted by Crippen LogP contribution is -1.99. The molecule has 1 heterocycles. The maximum atomic E-state index is 12.5.